The van der Waals surface area contributed by atoms with Gasteiger partial charge in [0.2, 0.25) is 0 Å². The van der Waals surface area contributed by atoms with Gasteiger partial charge in [-0.15, -0.1) is 0 Å². The van der Waals surface area contributed by atoms with Gasteiger partial charge < -0.3 is 68.5 Å². The summed E-state index contributed by atoms with van der Waals surface area (Å²) in [6, 6.07) is 3.01. The first kappa shape index (κ1) is 43.8. The fourth-order valence-electron chi connectivity index (χ4n) is 7.57. The summed E-state index contributed by atoms with van der Waals surface area (Å²) in [5, 5.41) is 83.8. The molecule has 5 fully saturated rings. The molecule has 0 aromatic heterocycles. The van der Waals surface area contributed by atoms with E-state index in [0.29, 0.717) is 5.56 Å². The highest BCUT2D eigenvalue weighted by Gasteiger charge is 2.56. The van der Waals surface area contributed by atoms with Crippen LogP contribution in [0.15, 0.2) is 55.9 Å². The van der Waals surface area contributed by atoms with Crippen molar-refractivity contribution in [2.24, 2.45) is 25.6 Å². The predicted octanol–water partition coefficient (Wildman–Crippen LogP) is 0.657. The molecule has 29 heteroatoms. The van der Waals surface area contributed by atoms with E-state index in [1.807, 2.05) is 0 Å². The van der Waals surface area contributed by atoms with Crippen LogP contribution in [0.1, 0.15) is 18.3 Å². The van der Waals surface area contributed by atoms with Gasteiger partial charge in [0, 0.05) is 30.1 Å². The maximum Gasteiger partial charge on any atom is 0.187 e. The molecule has 4 saturated heterocycles. The van der Waals surface area contributed by atoms with E-state index in [1.54, 1.807) is 30.3 Å². The lowest BCUT2D eigenvalue weighted by molar-refractivity contribution is -0.355. The topological polar surface area (TPSA) is 439 Å². The summed E-state index contributed by atoms with van der Waals surface area (Å²) in [6.45, 7) is -1.47. The number of azide groups is 5. The van der Waals surface area contributed by atoms with Gasteiger partial charge in [0.15, 0.2) is 25.2 Å². The van der Waals surface area contributed by atoms with Gasteiger partial charge in [-0.1, -0.05) is 55.9 Å². The van der Waals surface area contributed by atoms with Gasteiger partial charge >= 0.3 is 0 Å². The molecule has 29 nitrogen and oxygen atoms in total. The highest BCUT2D eigenvalue weighted by atomic mass is 16.8. The summed E-state index contributed by atoms with van der Waals surface area (Å²) in [5.74, 6) is 0. The molecular weight excluding hydrogens is 794 g/mol. The first-order valence-corrected chi connectivity index (χ1v) is 18.0. The normalized spacial score (nSPS) is 42.9. The number of hydrogen-bond donors (Lipinski definition) is 6. The van der Waals surface area contributed by atoms with Gasteiger partial charge in [-0.3, -0.25) is 0 Å². The first-order valence-electron chi connectivity index (χ1n) is 18.0. The van der Waals surface area contributed by atoms with Crippen molar-refractivity contribution in [1.29, 1.82) is 0 Å². The lowest BCUT2D eigenvalue weighted by Gasteiger charge is -2.49. The minimum absolute atomic E-state index is 0.129. The maximum absolute atomic E-state index is 11.5. The van der Waals surface area contributed by atoms with E-state index in [-0.39, 0.29) is 13.0 Å². The van der Waals surface area contributed by atoms with E-state index in [0.717, 1.165) is 0 Å². The number of nitrogens with zero attached hydrogens (tertiary/aromatic N) is 15. The third kappa shape index (κ3) is 9.34. The molecular formula is C30H39N15O14. The Morgan fingerprint density at radius 2 is 1.22 bits per heavy atom. The summed E-state index contributed by atoms with van der Waals surface area (Å²) < 4.78 is 47.5. The second-order valence-electron chi connectivity index (χ2n) is 13.8. The summed E-state index contributed by atoms with van der Waals surface area (Å²) in [7, 11) is 0. The summed E-state index contributed by atoms with van der Waals surface area (Å²) in [5.41, 5.74) is 46.8. The van der Waals surface area contributed by atoms with Gasteiger partial charge in [0.25, 0.3) is 0 Å². The average molecular weight is 834 g/mol. The third-order valence-electron chi connectivity index (χ3n) is 10.4. The molecule has 1 aliphatic carbocycles. The van der Waals surface area contributed by atoms with Gasteiger partial charge in [-0.2, -0.15) is 0 Å². The Morgan fingerprint density at radius 1 is 0.610 bits per heavy atom. The van der Waals surface area contributed by atoms with E-state index in [2.05, 4.69) is 50.1 Å². The van der Waals surface area contributed by atoms with Crippen molar-refractivity contribution >= 4 is 0 Å². The van der Waals surface area contributed by atoms with Crippen LogP contribution in [0.4, 0.5) is 0 Å². The fourth-order valence-corrected chi connectivity index (χ4v) is 7.57. The van der Waals surface area contributed by atoms with Crippen molar-refractivity contribution < 1.29 is 68.5 Å². The average Bonchev–Trinajstić information content (AvgIpc) is 3.54. The molecule has 1 aromatic rings. The van der Waals surface area contributed by atoms with E-state index in [4.69, 9.17) is 49.0 Å². The smallest absolute Gasteiger partial charge is 0.187 e. The Morgan fingerprint density at radius 3 is 1.88 bits per heavy atom. The maximum atomic E-state index is 11.5. The Balaban J connectivity index is 1.26. The quantitative estimate of drug-likeness (QED) is 0.0852. The summed E-state index contributed by atoms with van der Waals surface area (Å²) >= 11 is 0. The molecule has 1 aromatic carbocycles. The number of hydrogen-bond acceptors (Lipinski definition) is 19. The molecule has 20 atom stereocenters. The lowest BCUT2D eigenvalue weighted by atomic mass is 9.84. The largest absolute Gasteiger partial charge is 0.394 e. The number of aliphatic hydroxyl groups excluding tert-OH is 6. The molecule has 0 spiro atoms. The van der Waals surface area contributed by atoms with E-state index >= 15 is 0 Å². The highest BCUT2D eigenvalue weighted by molar-refractivity contribution is 5.17. The minimum atomic E-state index is -1.90. The molecule has 4 aliphatic heterocycles. The number of aliphatic hydroxyl groups is 6. The predicted molar refractivity (Wildman–Crippen MR) is 188 cm³/mol. The van der Waals surface area contributed by atoms with Gasteiger partial charge in [0.1, 0.15) is 54.8 Å². The van der Waals surface area contributed by atoms with Crippen LogP contribution in [-0.2, 0) is 37.9 Å². The Labute approximate surface area is 331 Å². The van der Waals surface area contributed by atoms with Crippen LogP contribution in [0.2, 0.25) is 0 Å². The van der Waals surface area contributed by atoms with E-state index in [9.17, 15) is 47.2 Å². The Kier molecular flexibility index (Phi) is 14.8. The van der Waals surface area contributed by atoms with E-state index in [1.165, 1.54) is 0 Å². The molecule has 5 aliphatic rings. The number of rotatable bonds is 14. The van der Waals surface area contributed by atoms with Crippen molar-refractivity contribution in [3.8, 4) is 0 Å². The minimum Gasteiger partial charge on any atom is -0.394 e. The molecule has 4 heterocycles. The number of ether oxygens (including phenoxy) is 8. The zero-order valence-electron chi connectivity index (χ0n) is 30.4. The molecule has 20 unspecified atom stereocenters. The van der Waals surface area contributed by atoms with E-state index < -0.39 is 136 Å². The molecule has 1 saturated carbocycles. The molecule has 0 amide bonds. The van der Waals surface area contributed by atoms with Crippen LogP contribution < -0.4 is 0 Å². The first-order chi connectivity index (χ1) is 28.6. The van der Waals surface area contributed by atoms with Crippen LogP contribution >= 0.6 is 0 Å². The monoisotopic (exact) mass is 833 g/mol. The highest BCUT2D eigenvalue weighted by Crippen LogP contribution is 2.40. The van der Waals surface area contributed by atoms with Gasteiger partial charge in [0.05, 0.1) is 62.4 Å². The second kappa shape index (κ2) is 20.0. The van der Waals surface area contributed by atoms with Crippen LogP contribution in [0.3, 0.4) is 0 Å². The summed E-state index contributed by atoms with van der Waals surface area (Å²) in [6.07, 6.45) is -25.0. The molecule has 6 rings (SSSR count). The third-order valence-corrected chi connectivity index (χ3v) is 10.4. The van der Waals surface area contributed by atoms with Crippen molar-refractivity contribution in [2.45, 2.75) is 129 Å². The van der Waals surface area contributed by atoms with Crippen LogP contribution in [0.5, 0.6) is 0 Å². The Hall–Kier alpha value is -4.79. The van der Waals surface area contributed by atoms with Crippen molar-refractivity contribution in [3.05, 3.63) is 88.1 Å². The van der Waals surface area contributed by atoms with Gasteiger partial charge in [-0.25, -0.2) is 0 Å². The number of fused-ring (bicyclic) bond motifs is 1. The van der Waals surface area contributed by atoms with Crippen molar-refractivity contribution in [3.63, 3.8) is 0 Å². The molecule has 6 N–H and O–H groups in total. The second-order valence-corrected chi connectivity index (χ2v) is 13.8. The van der Waals surface area contributed by atoms with Crippen LogP contribution in [0.25, 0.3) is 52.2 Å². The molecule has 0 radical (unpaired) electrons. The fraction of sp³-hybridized carbons (Fsp3) is 0.800. The van der Waals surface area contributed by atoms with Gasteiger partial charge in [-0.05, 0) is 34.1 Å². The SMILES string of the molecule is [N-]=[N+]=NCC1OC(OC2C(CO)OC(OC3C(O)C(N=[N+]=[N-])CC(N=[N+]=[N-])C3OC3OC4COC(c5ccccc5)OC4C(O)C3N=[N+]=[N-])C2O)C(N=[N+]=[N-])C(O)C1O. The van der Waals surface area contributed by atoms with Crippen LogP contribution in [-0.4, -0.2) is 167 Å². The lowest BCUT2D eigenvalue weighted by Crippen LogP contribution is -2.65. The molecule has 59 heavy (non-hydrogen) atoms. The zero-order chi connectivity index (χ0) is 42.2. The standard InChI is InChI=1S/C30H39N15O14/c31-41-36-7-13-19(48)20(49)16(39-44-34)28(53-13)58-24-14(8-46)54-30(22(24)51)59-26-18(47)11(37-42-32)6-12(38-43-33)23(26)56-29-17(40-45-35)21(50)25-15(55-29)9-52-27(57-25)10-4-2-1-3-5-10/h1-5,11-30,46-51H,6-9H2. The summed E-state index contributed by atoms with van der Waals surface area (Å²) in [4.78, 5) is 13.7. The molecule has 318 valence electrons. The Bertz CT molecular complexity index is 1850. The molecule has 0 bridgehead atoms. The van der Waals surface area contributed by atoms with Crippen LogP contribution in [0, 0.1) is 0 Å². The van der Waals surface area contributed by atoms with Crippen molar-refractivity contribution in [1.82, 2.24) is 0 Å². The number of benzene rings is 1. The van der Waals surface area contributed by atoms with Crippen molar-refractivity contribution in [2.75, 3.05) is 19.8 Å². The zero-order valence-corrected chi connectivity index (χ0v) is 30.4.